The van der Waals surface area contributed by atoms with Gasteiger partial charge in [0.15, 0.2) is 11.5 Å². The van der Waals surface area contributed by atoms with Crippen LogP contribution in [0.15, 0.2) is 48.5 Å². The number of fused-ring (bicyclic) bond motifs is 1. The maximum Gasteiger partial charge on any atom is 0.222 e. The third kappa shape index (κ3) is 5.05. The molecule has 0 radical (unpaired) electrons. The van der Waals surface area contributed by atoms with Gasteiger partial charge in [-0.05, 0) is 37.0 Å². The Morgan fingerprint density at radius 1 is 1.07 bits per heavy atom. The van der Waals surface area contributed by atoms with Gasteiger partial charge in [0.2, 0.25) is 11.7 Å². The number of carbonyl (C=O) groups excluding carboxylic acids is 1. The Kier molecular flexibility index (Phi) is 6.74. The minimum absolute atomic E-state index is 0.106. The molecule has 2 atom stereocenters. The molecule has 0 bridgehead atoms. The van der Waals surface area contributed by atoms with Gasteiger partial charge < -0.3 is 24.2 Å². The van der Waals surface area contributed by atoms with E-state index in [9.17, 15) is 9.90 Å². The lowest BCUT2D eigenvalue weighted by Gasteiger charge is -2.36. The molecule has 0 unspecified atom stereocenters. The maximum absolute atomic E-state index is 12.5. The monoisotopic (exact) mass is 411 g/mol. The van der Waals surface area contributed by atoms with E-state index >= 15 is 0 Å². The number of rotatable bonds is 7. The van der Waals surface area contributed by atoms with E-state index in [0.717, 1.165) is 19.3 Å². The molecule has 1 saturated heterocycles. The lowest BCUT2D eigenvalue weighted by atomic mass is 10.0. The van der Waals surface area contributed by atoms with Crippen LogP contribution in [0.5, 0.6) is 17.2 Å². The van der Waals surface area contributed by atoms with Gasteiger partial charge in [-0.3, -0.25) is 4.79 Å². The second-order valence-corrected chi connectivity index (χ2v) is 7.83. The number of hydrogen-bond donors (Lipinski definition) is 1. The molecule has 2 aromatic rings. The van der Waals surface area contributed by atoms with Gasteiger partial charge in [-0.25, -0.2) is 0 Å². The number of nitrogens with zero attached hydrogens (tertiary/aromatic N) is 1. The predicted octanol–water partition coefficient (Wildman–Crippen LogP) is 3.21. The largest absolute Gasteiger partial charge is 0.486 e. The third-order valence-electron chi connectivity index (χ3n) is 5.63. The molecular weight excluding hydrogens is 382 g/mol. The molecule has 4 rings (SSSR count). The molecule has 0 aromatic heterocycles. The summed E-state index contributed by atoms with van der Waals surface area (Å²) in [6.45, 7) is 1.89. The molecule has 160 valence electrons. The Hall–Kier alpha value is -2.73. The summed E-state index contributed by atoms with van der Waals surface area (Å²) in [4.78, 5) is 14.3. The third-order valence-corrected chi connectivity index (χ3v) is 5.63. The molecule has 6 heteroatoms. The van der Waals surface area contributed by atoms with Crippen LogP contribution in [-0.2, 0) is 11.2 Å². The van der Waals surface area contributed by atoms with E-state index in [-0.39, 0.29) is 12.0 Å². The van der Waals surface area contributed by atoms with Crippen LogP contribution in [0.25, 0.3) is 0 Å². The van der Waals surface area contributed by atoms with Crippen molar-refractivity contribution >= 4 is 5.91 Å². The number of amides is 1. The van der Waals surface area contributed by atoms with Gasteiger partial charge in [0, 0.05) is 19.4 Å². The van der Waals surface area contributed by atoms with E-state index < -0.39 is 6.10 Å². The quantitative estimate of drug-likeness (QED) is 0.709. The van der Waals surface area contributed by atoms with Gasteiger partial charge in [0.25, 0.3) is 0 Å². The number of benzene rings is 2. The summed E-state index contributed by atoms with van der Waals surface area (Å²) < 4.78 is 17.3. The second kappa shape index (κ2) is 9.85. The Bertz CT molecular complexity index is 841. The molecule has 2 heterocycles. The summed E-state index contributed by atoms with van der Waals surface area (Å²) in [5.74, 6) is 1.94. The van der Waals surface area contributed by atoms with Crippen LogP contribution in [0.4, 0.5) is 0 Å². The maximum atomic E-state index is 12.5. The van der Waals surface area contributed by atoms with Gasteiger partial charge in [0.1, 0.15) is 25.4 Å². The van der Waals surface area contributed by atoms with Crippen molar-refractivity contribution in [3.8, 4) is 17.2 Å². The molecule has 0 aliphatic carbocycles. The summed E-state index contributed by atoms with van der Waals surface area (Å²) in [6.07, 6.45) is 2.83. The SMILES string of the molecule is O=C(CCCCc1ccccc1)N1CC[C@@H](Oc2cccc3c2OCCO3)[C@H](O)C1. The van der Waals surface area contributed by atoms with E-state index in [1.54, 1.807) is 4.90 Å². The van der Waals surface area contributed by atoms with Crippen molar-refractivity contribution in [1.82, 2.24) is 4.90 Å². The predicted molar refractivity (Wildman–Crippen MR) is 113 cm³/mol. The summed E-state index contributed by atoms with van der Waals surface area (Å²) in [5.41, 5.74) is 1.30. The number of β-amino-alcohol motifs (C(OH)–C–C–N with tert-alkyl or cyclic N) is 1. The standard InChI is InChI=1S/C24H29NO5/c26-19-17-25(23(27)12-5-4-9-18-7-2-1-3-8-18)14-13-20(19)30-22-11-6-10-21-24(22)29-16-15-28-21/h1-3,6-8,10-11,19-20,26H,4-5,9,12-17H2/t19-,20-/m1/s1. The van der Waals surface area contributed by atoms with Gasteiger partial charge in [0.05, 0.1) is 6.54 Å². The lowest BCUT2D eigenvalue weighted by molar-refractivity contribution is -0.137. The second-order valence-electron chi connectivity index (χ2n) is 7.83. The summed E-state index contributed by atoms with van der Waals surface area (Å²) in [7, 11) is 0. The van der Waals surface area contributed by atoms with Crippen molar-refractivity contribution in [3.05, 3.63) is 54.1 Å². The molecule has 0 saturated carbocycles. The van der Waals surface area contributed by atoms with Crippen LogP contribution in [0, 0.1) is 0 Å². The number of unbranched alkanes of at least 4 members (excludes halogenated alkanes) is 1. The van der Waals surface area contributed by atoms with Crippen LogP contribution in [-0.4, -0.2) is 54.4 Å². The topological polar surface area (TPSA) is 68.2 Å². The number of piperidine rings is 1. The Morgan fingerprint density at radius 2 is 1.90 bits per heavy atom. The molecule has 2 aromatic carbocycles. The highest BCUT2D eigenvalue weighted by Gasteiger charge is 2.32. The molecule has 2 aliphatic rings. The van der Waals surface area contributed by atoms with Crippen molar-refractivity contribution in [2.24, 2.45) is 0 Å². The van der Waals surface area contributed by atoms with Crippen molar-refractivity contribution in [1.29, 1.82) is 0 Å². The Balaban J connectivity index is 1.23. The molecular formula is C24H29NO5. The summed E-state index contributed by atoms with van der Waals surface area (Å²) in [6, 6.07) is 15.8. The van der Waals surface area contributed by atoms with E-state index in [1.807, 2.05) is 36.4 Å². The zero-order valence-electron chi connectivity index (χ0n) is 17.2. The average molecular weight is 411 g/mol. The molecule has 1 N–H and O–H groups in total. The van der Waals surface area contributed by atoms with Crippen molar-refractivity contribution in [2.75, 3.05) is 26.3 Å². The van der Waals surface area contributed by atoms with E-state index in [2.05, 4.69) is 12.1 Å². The number of carbonyl (C=O) groups is 1. The van der Waals surface area contributed by atoms with Gasteiger partial charge in [-0.1, -0.05) is 36.4 Å². The fourth-order valence-corrected chi connectivity index (χ4v) is 3.99. The lowest BCUT2D eigenvalue weighted by Crippen LogP contribution is -2.51. The highest BCUT2D eigenvalue weighted by molar-refractivity contribution is 5.76. The van der Waals surface area contributed by atoms with Crippen LogP contribution < -0.4 is 14.2 Å². The summed E-state index contributed by atoms with van der Waals surface area (Å²) in [5, 5.41) is 10.6. The molecule has 2 aliphatic heterocycles. The zero-order valence-corrected chi connectivity index (χ0v) is 17.2. The van der Waals surface area contributed by atoms with E-state index in [4.69, 9.17) is 14.2 Å². The Morgan fingerprint density at radius 3 is 2.73 bits per heavy atom. The van der Waals surface area contributed by atoms with Crippen molar-refractivity contribution in [3.63, 3.8) is 0 Å². The number of aryl methyl sites for hydroxylation is 1. The zero-order chi connectivity index (χ0) is 20.8. The summed E-state index contributed by atoms with van der Waals surface area (Å²) >= 11 is 0. The first kappa shape index (κ1) is 20.5. The van der Waals surface area contributed by atoms with Gasteiger partial charge >= 0.3 is 0 Å². The number of ether oxygens (including phenoxy) is 3. The number of para-hydroxylation sites is 1. The smallest absolute Gasteiger partial charge is 0.222 e. The first-order valence-corrected chi connectivity index (χ1v) is 10.8. The molecule has 6 nitrogen and oxygen atoms in total. The molecule has 0 spiro atoms. The minimum Gasteiger partial charge on any atom is -0.486 e. The molecule has 1 amide bonds. The van der Waals surface area contributed by atoms with Gasteiger partial charge in [-0.15, -0.1) is 0 Å². The fraction of sp³-hybridized carbons (Fsp3) is 0.458. The first-order chi connectivity index (χ1) is 14.7. The van der Waals surface area contributed by atoms with E-state index in [0.29, 0.717) is 56.4 Å². The highest BCUT2D eigenvalue weighted by Crippen LogP contribution is 2.40. The molecule has 1 fully saturated rings. The normalized spacial score (nSPS) is 20.6. The first-order valence-electron chi connectivity index (χ1n) is 10.8. The van der Waals surface area contributed by atoms with Crippen molar-refractivity contribution < 1.29 is 24.1 Å². The number of aliphatic hydroxyl groups excluding tert-OH is 1. The fourth-order valence-electron chi connectivity index (χ4n) is 3.99. The van der Waals surface area contributed by atoms with Crippen LogP contribution in [0.2, 0.25) is 0 Å². The van der Waals surface area contributed by atoms with Gasteiger partial charge in [-0.2, -0.15) is 0 Å². The minimum atomic E-state index is -0.729. The van der Waals surface area contributed by atoms with Crippen LogP contribution >= 0.6 is 0 Å². The van der Waals surface area contributed by atoms with Crippen LogP contribution in [0.3, 0.4) is 0 Å². The number of likely N-dealkylation sites (tertiary alicyclic amines) is 1. The number of hydrogen-bond acceptors (Lipinski definition) is 5. The van der Waals surface area contributed by atoms with E-state index in [1.165, 1.54) is 5.56 Å². The molecule has 30 heavy (non-hydrogen) atoms. The van der Waals surface area contributed by atoms with Crippen molar-refractivity contribution in [2.45, 2.75) is 44.3 Å². The average Bonchev–Trinajstić information content (AvgIpc) is 2.79. The Labute approximate surface area is 177 Å². The van der Waals surface area contributed by atoms with Crippen LogP contribution in [0.1, 0.15) is 31.2 Å². The highest BCUT2D eigenvalue weighted by atomic mass is 16.6. The number of aliphatic hydroxyl groups is 1.